The zero-order valence-electron chi connectivity index (χ0n) is 10.5. The quantitative estimate of drug-likeness (QED) is 0.616. The fourth-order valence-electron chi connectivity index (χ4n) is 1.68. The van der Waals surface area contributed by atoms with Crippen LogP contribution < -0.4 is 5.11 Å². The number of carbonyl (C=O) groups excluding carboxylic acids is 2. The highest BCUT2D eigenvalue weighted by Crippen LogP contribution is 2.34. The Morgan fingerprint density at radius 2 is 2.24 bits per heavy atom. The molecular formula is C13H8ClFNO3S2-. The summed E-state index contributed by atoms with van der Waals surface area (Å²) in [6.07, 6.45) is 0.996. The van der Waals surface area contributed by atoms with Crippen molar-refractivity contribution in [1.82, 2.24) is 4.90 Å². The zero-order valence-corrected chi connectivity index (χ0v) is 12.9. The van der Waals surface area contributed by atoms with Gasteiger partial charge >= 0.3 is 0 Å². The molecule has 0 N–H and O–H groups in total. The molecule has 0 atom stereocenters. The Bertz CT molecular complexity index is 643. The molecule has 1 fully saturated rings. The lowest BCUT2D eigenvalue weighted by molar-refractivity contribution is -0.305. The molecule has 1 amide bonds. The van der Waals surface area contributed by atoms with Gasteiger partial charge in [0.25, 0.3) is 5.91 Å². The first kappa shape index (κ1) is 15.9. The number of aliphatic carboxylic acids is 1. The van der Waals surface area contributed by atoms with Crippen molar-refractivity contribution < 1.29 is 19.1 Å². The highest BCUT2D eigenvalue weighted by molar-refractivity contribution is 8.26. The van der Waals surface area contributed by atoms with Crippen LogP contribution in [0.2, 0.25) is 5.02 Å². The second kappa shape index (κ2) is 6.55. The standard InChI is InChI=1S/C13H9ClFNO3S2/c14-8-2-1-3-9(15)7(8)6-10-12(19)16(13(20)21-10)5-4-11(17)18/h1-3,6H,4-5H2,(H,17,18)/p-1/b10-6-. The number of amides is 1. The van der Waals surface area contributed by atoms with Gasteiger partial charge in [-0.1, -0.05) is 41.6 Å². The van der Waals surface area contributed by atoms with E-state index < -0.39 is 17.7 Å². The first-order valence-corrected chi connectivity index (χ1v) is 7.39. The second-order valence-electron chi connectivity index (χ2n) is 4.09. The Balaban J connectivity index is 2.26. The Morgan fingerprint density at radius 3 is 2.86 bits per heavy atom. The third-order valence-electron chi connectivity index (χ3n) is 2.69. The summed E-state index contributed by atoms with van der Waals surface area (Å²) in [7, 11) is 0. The maximum absolute atomic E-state index is 13.7. The molecule has 1 aliphatic rings. The molecule has 1 aliphatic heterocycles. The predicted molar refractivity (Wildman–Crippen MR) is 80.9 cm³/mol. The molecular weight excluding hydrogens is 337 g/mol. The third-order valence-corrected chi connectivity index (χ3v) is 4.40. The lowest BCUT2D eigenvalue weighted by Crippen LogP contribution is -2.33. The molecule has 0 aromatic heterocycles. The molecule has 1 aromatic rings. The number of hydrogen-bond donors (Lipinski definition) is 0. The van der Waals surface area contributed by atoms with Gasteiger partial charge in [-0.15, -0.1) is 0 Å². The maximum atomic E-state index is 13.7. The lowest BCUT2D eigenvalue weighted by atomic mass is 10.2. The first-order chi connectivity index (χ1) is 9.90. The molecule has 21 heavy (non-hydrogen) atoms. The summed E-state index contributed by atoms with van der Waals surface area (Å²) in [6.45, 7) is -0.0741. The number of nitrogens with zero attached hydrogens (tertiary/aromatic N) is 1. The van der Waals surface area contributed by atoms with Gasteiger partial charge in [0.1, 0.15) is 10.1 Å². The van der Waals surface area contributed by atoms with Crippen LogP contribution in [0.5, 0.6) is 0 Å². The third kappa shape index (κ3) is 3.61. The summed E-state index contributed by atoms with van der Waals surface area (Å²) in [5.74, 6) is -2.29. The maximum Gasteiger partial charge on any atom is 0.266 e. The van der Waals surface area contributed by atoms with Crippen molar-refractivity contribution in [3.8, 4) is 0 Å². The normalized spacial score (nSPS) is 16.9. The van der Waals surface area contributed by atoms with E-state index in [0.717, 1.165) is 16.7 Å². The van der Waals surface area contributed by atoms with E-state index in [2.05, 4.69) is 0 Å². The molecule has 2 rings (SSSR count). The molecule has 1 heterocycles. The number of thioether (sulfide) groups is 1. The predicted octanol–water partition coefficient (Wildman–Crippen LogP) is 1.82. The Labute approximate surface area is 134 Å². The van der Waals surface area contributed by atoms with Gasteiger partial charge in [0, 0.05) is 24.5 Å². The van der Waals surface area contributed by atoms with E-state index >= 15 is 0 Å². The minimum atomic E-state index is -1.27. The number of carboxylic acid groups (broad SMARTS) is 1. The van der Waals surface area contributed by atoms with Crippen LogP contribution in [0.4, 0.5) is 4.39 Å². The molecule has 0 radical (unpaired) electrons. The van der Waals surface area contributed by atoms with E-state index in [9.17, 15) is 19.1 Å². The number of carbonyl (C=O) groups is 2. The van der Waals surface area contributed by atoms with Gasteiger partial charge in [0.15, 0.2) is 0 Å². The molecule has 0 spiro atoms. The summed E-state index contributed by atoms with van der Waals surface area (Å²) >= 11 is 11.9. The molecule has 4 nitrogen and oxygen atoms in total. The monoisotopic (exact) mass is 344 g/mol. The van der Waals surface area contributed by atoms with E-state index in [1.165, 1.54) is 24.3 Å². The fourth-order valence-corrected chi connectivity index (χ4v) is 3.18. The van der Waals surface area contributed by atoms with Crippen molar-refractivity contribution >= 4 is 57.9 Å². The van der Waals surface area contributed by atoms with Gasteiger partial charge in [-0.2, -0.15) is 0 Å². The molecule has 0 unspecified atom stereocenters. The molecule has 8 heteroatoms. The molecule has 110 valence electrons. The van der Waals surface area contributed by atoms with Crippen LogP contribution in [0, 0.1) is 5.82 Å². The van der Waals surface area contributed by atoms with Crippen molar-refractivity contribution in [2.45, 2.75) is 6.42 Å². The average molecular weight is 345 g/mol. The Morgan fingerprint density at radius 1 is 1.52 bits per heavy atom. The number of benzene rings is 1. The number of halogens is 2. The molecule has 0 aliphatic carbocycles. The van der Waals surface area contributed by atoms with Gasteiger partial charge in [-0.3, -0.25) is 9.69 Å². The minimum Gasteiger partial charge on any atom is -0.550 e. The van der Waals surface area contributed by atoms with Crippen molar-refractivity contribution in [2.24, 2.45) is 0 Å². The van der Waals surface area contributed by atoms with Crippen LogP contribution >= 0.6 is 35.6 Å². The number of carboxylic acids is 1. The number of hydrogen-bond acceptors (Lipinski definition) is 5. The van der Waals surface area contributed by atoms with Gasteiger partial charge in [0.2, 0.25) is 0 Å². The highest BCUT2D eigenvalue weighted by Gasteiger charge is 2.31. The van der Waals surface area contributed by atoms with E-state index in [1.807, 2.05) is 0 Å². The summed E-state index contributed by atoms with van der Waals surface area (Å²) < 4.78 is 13.9. The molecule has 1 saturated heterocycles. The molecule has 0 saturated carbocycles. The zero-order chi connectivity index (χ0) is 15.6. The Kier molecular flexibility index (Phi) is 4.97. The van der Waals surface area contributed by atoms with E-state index in [4.69, 9.17) is 23.8 Å². The van der Waals surface area contributed by atoms with Crippen molar-refractivity contribution in [3.05, 3.63) is 39.5 Å². The Hall–Kier alpha value is -1.44. The first-order valence-electron chi connectivity index (χ1n) is 5.79. The van der Waals surface area contributed by atoms with Crippen LogP contribution in [0.25, 0.3) is 6.08 Å². The molecule has 1 aromatic carbocycles. The van der Waals surface area contributed by atoms with Crippen LogP contribution in [0.1, 0.15) is 12.0 Å². The SMILES string of the molecule is O=C([O-])CCN1C(=O)/C(=C/c2c(F)cccc2Cl)SC1=S. The van der Waals surface area contributed by atoms with Gasteiger partial charge in [-0.25, -0.2) is 4.39 Å². The smallest absolute Gasteiger partial charge is 0.266 e. The van der Waals surface area contributed by atoms with Crippen molar-refractivity contribution in [2.75, 3.05) is 6.54 Å². The van der Waals surface area contributed by atoms with Crippen LogP contribution in [0.15, 0.2) is 23.1 Å². The average Bonchev–Trinajstić information content (AvgIpc) is 2.67. The van der Waals surface area contributed by atoms with Gasteiger partial charge in [-0.05, 0) is 18.2 Å². The van der Waals surface area contributed by atoms with E-state index in [1.54, 1.807) is 0 Å². The van der Waals surface area contributed by atoms with Crippen LogP contribution in [-0.2, 0) is 9.59 Å². The van der Waals surface area contributed by atoms with Crippen molar-refractivity contribution in [1.29, 1.82) is 0 Å². The van der Waals surface area contributed by atoms with Gasteiger partial charge in [0.05, 0.1) is 9.93 Å². The second-order valence-corrected chi connectivity index (χ2v) is 6.17. The van der Waals surface area contributed by atoms with Gasteiger partial charge < -0.3 is 9.90 Å². The summed E-state index contributed by atoms with van der Waals surface area (Å²) in [5, 5.41) is 10.6. The largest absolute Gasteiger partial charge is 0.550 e. The minimum absolute atomic E-state index is 0.0741. The number of rotatable bonds is 4. The summed E-state index contributed by atoms with van der Waals surface area (Å²) in [4.78, 5) is 23.9. The summed E-state index contributed by atoms with van der Waals surface area (Å²) in [5.41, 5.74) is 0.0968. The van der Waals surface area contributed by atoms with Crippen LogP contribution in [-0.4, -0.2) is 27.6 Å². The summed E-state index contributed by atoms with van der Waals surface area (Å²) in [6, 6.07) is 4.20. The fraction of sp³-hybridized carbons (Fsp3) is 0.154. The van der Waals surface area contributed by atoms with Crippen LogP contribution in [0.3, 0.4) is 0 Å². The molecule has 0 bridgehead atoms. The number of thiocarbonyl (C=S) groups is 1. The van der Waals surface area contributed by atoms with E-state index in [-0.39, 0.29) is 32.8 Å². The topological polar surface area (TPSA) is 60.4 Å². The van der Waals surface area contributed by atoms with Crippen molar-refractivity contribution in [3.63, 3.8) is 0 Å². The highest BCUT2D eigenvalue weighted by atomic mass is 35.5. The van der Waals surface area contributed by atoms with E-state index in [0.29, 0.717) is 0 Å². The lowest BCUT2D eigenvalue weighted by Gasteiger charge is -2.14.